The van der Waals surface area contributed by atoms with Gasteiger partial charge >= 0.3 is 0 Å². The van der Waals surface area contributed by atoms with E-state index in [4.69, 9.17) is 9.73 Å². The Morgan fingerprint density at radius 3 is 2.65 bits per heavy atom. The number of nitrogens with one attached hydrogen (secondary N) is 2. The lowest BCUT2D eigenvalue weighted by atomic mass is 10.0. The summed E-state index contributed by atoms with van der Waals surface area (Å²) in [7, 11) is 0. The van der Waals surface area contributed by atoms with E-state index in [2.05, 4.69) is 65.2 Å². The number of ether oxygens (including phenoxy) is 1. The highest BCUT2D eigenvalue weighted by Crippen LogP contribution is 2.19. The molecule has 2 fully saturated rings. The van der Waals surface area contributed by atoms with Gasteiger partial charge in [0.2, 0.25) is 0 Å². The summed E-state index contributed by atoms with van der Waals surface area (Å²) in [5.74, 6) is 1.90. The molecular formula is C24H42N6O. The number of rotatable bonds is 8. The molecular weight excluding hydrogens is 388 g/mol. The standard InChI is InChI=1S/C24H42N6O/c1-5-25-24(26-12-8-14-29-13-7-6-9-19(29)2)28-16-22-10-11-23(27-15-22)30-17-20(3)31-21(4)18-30/h10-11,15,19-21H,5-9,12-14,16-18H2,1-4H3,(H2,25,26,28). The van der Waals surface area contributed by atoms with Crippen LogP contribution in [0.5, 0.6) is 0 Å². The van der Waals surface area contributed by atoms with Crippen LogP contribution in [0, 0.1) is 0 Å². The number of pyridine rings is 1. The third-order valence-corrected chi connectivity index (χ3v) is 6.17. The number of aliphatic imine (C=N–C) groups is 1. The molecule has 2 N–H and O–H groups in total. The smallest absolute Gasteiger partial charge is 0.191 e. The van der Waals surface area contributed by atoms with Gasteiger partial charge < -0.3 is 25.2 Å². The monoisotopic (exact) mass is 430 g/mol. The Morgan fingerprint density at radius 2 is 1.97 bits per heavy atom. The van der Waals surface area contributed by atoms with E-state index in [1.54, 1.807) is 0 Å². The Morgan fingerprint density at radius 1 is 1.16 bits per heavy atom. The van der Waals surface area contributed by atoms with E-state index in [9.17, 15) is 0 Å². The van der Waals surface area contributed by atoms with Gasteiger partial charge in [0.15, 0.2) is 5.96 Å². The number of guanidine groups is 1. The van der Waals surface area contributed by atoms with Crippen LogP contribution < -0.4 is 15.5 Å². The van der Waals surface area contributed by atoms with Crippen LogP contribution in [0.4, 0.5) is 5.82 Å². The number of hydrogen-bond donors (Lipinski definition) is 2. The second-order valence-corrected chi connectivity index (χ2v) is 9.04. The Bertz CT molecular complexity index is 669. The maximum Gasteiger partial charge on any atom is 0.191 e. The topological polar surface area (TPSA) is 65.0 Å². The molecule has 7 nitrogen and oxygen atoms in total. The highest BCUT2D eigenvalue weighted by atomic mass is 16.5. The highest BCUT2D eigenvalue weighted by molar-refractivity contribution is 5.79. The van der Waals surface area contributed by atoms with Crippen LogP contribution in [-0.4, -0.2) is 73.4 Å². The van der Waals surface area contributed by atoms with Gasteiger partial charge in [-0.25, -0.2) is 9.98 Å². The number of hydrogen-bond acceptors (Lipinski definition) is 5. The Hall–Kier alpha value is -1.86. The Labute approximate surface area is 188 Å². The van der Waals surface area contributed by atoms with E-state index in [0.29, 0.717) is 6.54 Å². The van der Waals surface area contributed by atoms with Crippen molar-refractivity contribution in [3.05, 3.63) is 23.9 Å². The van der Waals surface area contributed by atoms with E-state index in [1.165, 1.54) is 25.8 Å². The molecule has 2 aliphatic heterocycles. The van der Waals surface area contributed by atoms with E-state index < -0.39 is 0 Å². The van der Waals surface area contributed by atoms with Crippen molar-refractivity contribution in [3.63, 3.8) is 0 Å². The molecule has 7 heteroatoms. The molecule has 2 aliphatic rings. The molecule has 0 radical (unpaired) electrons. The van der Waals surface area contributed by atoms with Crippen LogP contribution >= 0.6 is 0 Å². The van der Waals surface area contributed by atoms with Crippen LogP contribution in [0.3, 0.4) is 0 Å². The quantitative estimate of drug-likeness (QED) is 0.376. The molecule has 3 rings (SSSR count). The first kappa shape index (κ1) is 23.8. The van der Waals surface area contributed by atoms with E-state index in [1.807, 2.05) is 6.20 Å². The number of piperidine rings is 1. The van der Waals surface area contributed by atoms with Crippen molar-refractivity contribution >= 4 is 11.8 Å². The van der Waals surface area contributed by atoms with Gasteiger partial charge in [-0.2, -0.15) is 0 Å². The normalized spacial score (nSPS) is 25.5. The molecule has 3 atom stereocenters. The molecule has 2 saturated heterocycles. The fourth-order valence-corrected chi connectivity index (χ4v) is 4.55. The van der Waals surface area contributed by atoms with Gasteiger partial charge in [0.1, 0.15) is 5.82 Å². The molecule has 31 heavy (non-hydrogen) atoms. The number of aromatic nitrogens is 1. The Balaban J connectivity index is 1.45. The van der Waals surface area contributed by atoms with E-state index >= 15 is 0 Å². The maximum absolute atomic E-state index is 5.83. The zero-order valence-corrected chi connectivity index (χ0v) is 19.9. The molecule has 0 aromatic carbocycles. The molecule has 1 aromatic heterocycles. The SMILES string of the molecule is CCNC(=NCc1ccc(N2CC(C)OC(C)C2)nc1)NCCCN1CCCCC1C. The molecule has 0 saturated carbocycles. The second kappa shape index (κ2) is 12.2. The minimum atomic E-state index is 0.238. The third-order valence-electron chi connectivity index (χ3n) is 6.17. The average molecular weight is 431 g/mol. The fourth-order valence-electron chi connectivity index (χ4n) is 4.55. The van der Waals surface area contributed by atoms with Crippen LogP contribution in [-0.2, 0) is 11.3 Å². The van der Waals surface area contributed by atoms with Crippen LogP contribution in [0.15, 0.2) is 23.3 Å². The summed E-state index contributed by atoms with van der Waals surface area (Å²) in [4.78, 5) is 14.4. The molecule has 0 spiro atoms. The van der Waals surface area contributed by atoms with Crippen molar-refractivity contribution in [3.8, 4) is 0 Å². The average Bonchev–Trinajstić information content (AvgIpc) is 2.76. The minimum absolute atomic E-state index is 0.238. The zero-order chi connectivity index (χ0) is 22.1. The molecule has 0 aliphatic carbocycles. The van der Waals surface area contributed by atoms with Gasteiger partial charge in [0.05, 0.1) is 18.8 Å². The number of anilines is 1. The number of likely N-dealkylation sites (tertiary alicyclic amines) is 1. The predicted octanol–water partition coefficient (Wildman–Crippen LogP) is 3.01. The summed E-state index contributed by atoms with van der Waals surface area (Å²) in [5, 5.41) is 6.84. The number of morpholine rings is 1. The maximum atomic E-state index is 5.83. The second-order valence-electron chi connectivity index (χ2n) is 9.04. The largest absolute Gasteiger partial charge is 0.372 e. The summed E-state index contributed by atoms with van der Waals surface area (Å²) in [6, 6.07) is 4.98. The summed E-state index contributed by atoms with van der Waals surface area (Å²) < 4.78 is 5.83. The van der Waals surface area contributed by atoms with E-state index in [-0.39, 0.29) is 12.2 Å². The van der Waals surface area contributed by atoms with Crippen molar-refractivity contribution in [1.82, 2.24) is 20.5 Å². The summed E-state index contributed by atoms with van der Waals surface area (Å²) in [5.41, 5.74) is 1.12. The highest BCUT2D eigenvalue weighted by Gasteiger charge is 2.23. The summed E-state index contributed by atoms with van der Waals surface area (Å²) in [6.45, 7) is 15.3. The molecule has 0 bridgehead atoms. The first-order valence-corrected chi connectivity index (χ1v) is 12.2. The lowest BCUT2D eigenvalue weighted by Crippen LogP contribution is -2.45. The van der Waals surface area contributed by atoms with Crippen LogP contribution in [0.25, 0.3) is 0 Å². The van der Waals surface area contributed by atoms with Crippen molar-refractivity contribution < 1.29 is 4.74 Å². The minimum Gasteiger partial charge on any atom is -0.372 e. The molecule has 3 heterocycles. The van der Waals surface area contributed by atoms with Gasteiger partial charge in [-0.05, 0) is 65.1 Å². The fraction of sp³-hybridized carbons (Fsp3) is 0.750. The molecule has 174 valence electrons. The van der Waals surface area contributed by atoms with Crippen molar-refractivity contribution in [2.24, 2.45) is 4.99 Å². The van der Waals surface area contributed by atoms with Gasteiger partial charge in [-0.3, -0.25) is 0 Å². The predicted molar refractivity (Wildman–Crippen MR) is 129 cm³/mol. The molecule has 3 unspecified atom stereocenters. The Kier molecular flexibility index (Phi) is 9.40. The lowest BCUT2D eigenvalue weighted by Gasteiger charge is -2.36. The van der Waals surface area contributed by atoms with Gasteiger partial charge in [0.25, 0.3) is 0 Å². The lowest BCUT2D eigenvalue weighted by molar-refractivity contribution is -0.00545. The molecule has 1 aromatic rings. The van der Waals surface area contributed by atoms with Gasteiger partial charge in [-0.1, -0.05) is 12.5 Å². The van der Waals surface area contributed by atoms with Crippen LogP contribution in [0.2, 0.25) is 0 Å². The third kappa shape index (κ3) is 7.65. The van der Waals surface area contributed by atoms with Crippen molar-refractivity contribution in [2.45, 2.75) is 78.2 Å². The first-order chi connectivity index (χ1) is 15.0. The summed E-state index contributed by atoms with van der Waals surface area (Å²) in [6.07, 6.45) is 7.63. The number of nitrogens with zero attached hydrogens (tertiary/aromatic N) is 4. The van der Waals surface area contributed by atoms with Crippen LogP contribution in [0.1, 0.15) is 58.9 Å². The first-order valence-electron chi connectivity index (χ1n) is 12.2. The van der Waals surface area contributed by atoms with Crippen molar-refractivity contribution in [1.29, 1.82) is 0 Å². The van der Waals surface area contributed by atoms with Crippen molar-refractivity contribution in [2.75, 3.05) is 44.2 Å². The molecule has 0 amide bonds. The van der Waals surface area contributed by atoms with Gasteiger partial charge in [0, 0.05) is 45.0 Å². The summed E-state index contributed by atoms with van der Waals surface area (Å²) >= 11 is 0. The van der Waals surface area contributed by atoms with Gasteiger partial charge in [-0.15, -0.1) is 0 Å². The zero-order valence-electron chi connectivity index (χ0n) is 19.9. The van der Waals surface area contributed by atoms with E-state index in [0.717, 1.165) is 62.5 Å².